The van der Waals surface area contributed by atoms with E-state index in [0.29, 0.717) is 12.8 Å². The predicted molar refractivity (Wildman–Crippen MR) is 87.8 cm³/mol. The van der Waals surface area contributed by atoms with E-state index < -0.39 is 20.9 Å². The molecule has 1 aromatic carbocycles. The first kappa shape index (κ1) is 19.1. The molecule has 0 aliphatic heterocycles. The van der Waals surface area contributed by atoms with Gasteiger partial charge >= 0.3 is 5.97 Å². The van der Waals surface area contributed by atoms with Crippen LogP contribution in [0.3, 0.4) is 0 Å². The van der Waals surface area contributed by atoms with Crippen LogP contribution in [0.15, 0.2) is 23.1 Å². The van der Waals surface area contributed by atoms with Crippen molar-refractivity contribution < 1.29 is 27.6 Å². The van der Waals surface area contributed by atoms with Gasteiger partial charge in [0, 0.05) is 18.7 Å². The lowest BCUT2D eigenvalue weighted by Crippen LogP contribution is -2.35. The van der Waals surface area contributed by atoms with E-state index in [1.807, 2.05) is 0 Å². The van der Waals surface area contributed by atoms with E-state index in [0.717, 1.165) is 18.2 Å². The van der Waals surface area contributed by atoms with Crippen molar-refractivity contribution in [1.82, 2.24) is 4.31 Å². The standard InChI is InChI=1S/C15H20N2O7S/c1-3-24-15(18)8-9-16(11-4-5-11)25(21,22)14-7-6-12(17(19)20)10-13(14)23-2/h6-7,10-11H,3-5,8-9H2,1-2H3. The maximum atomic E-state index is 13.0. The summed E-state index contributed by atoms with van der Waals surface area (Å²) in [7, 11) is -2.71. The number of carbonyl (C=O) groups excluding carboxylic acids is 1. The molecule has 1 saturated carbocycles. The van der Waals surface area contributed by atoms with Gasteiger partial charge in [0.2, 0.25) is 10.0 Å². The molecule has 0 spiro atoms. The Morgan fingerprint density at radius 3 is 2.60 bits per heavy atom. The Morgan fingerprint density at radius 2 is 2.08 bits per heavy atom. The molecular weight excluding hydrogens is 352 g/mol. The van der Waals surface area contributed by atoms with Crippen molar-refractivity contribution in [2.24, 2.45) is 0 Å². The number of non-ortho nitro benzene ring substituents is 1. The molecular formula is C15H20N2O7S. The lowest BCUT2D eigenvalue weighted by atomic mass is 10.3. The monoisotopic (exact) mass is 372 g/mol. The van der Waals surface area contributed by atoms with Gasteiger partial charge in [0.1, 0.15) is 10.6 Å². The van der Waals surface area contributed by atoms with Crippen molar-refractivity contribution in [3.05, 3.63) is 28.3 Å². The summed E-state index contributed by atoms with van der Waals surface area (Å²) in [6, 6.07) is 3.17. The molecule has 0 amide bonds. The predicted octanol–water partition coefficient (Wildman–Crippen LogP) is 1.71. The molecule has 2 rings (SSSR count). The molecule has 10 heteroatoms. The molecule has 138 valence electrons. The highest BCUT2D eigenvalue weighted by Crippen LogP contribution is 2.36. The van der Waals surface area contributed by atoms with Crippen LogP contribution in [-0.4, -0.2) is 49.9 Å². The van der Waals surface area contributed by atoms with Crippen LogP contribution in [0, 0.1) is 10.1 Å². The molecule has 1 fully saturated rings. The van der Waals surface area contributed by atoms with Gasteiger partial charge in [0.25, 0.3) is 5.69 Å². The lowest BCUT2D eigenvalue weighted by Gasteiger charge is -2.22. The fraction of sp³-hybridized carbons (Fsp3) is 0.533. The average Bonchev–Trinajstić information content (AvgIpc) is 3.39. The van der Waals surface area contributed by atoms with E-state index in [1.165, 1.54) is 11.4 Å². The van der Waals surface area contributed by atoms with Crippen molar-refractivity contribution >= 4 is 21.7 Å². The highest BCUT2D eigenvalue weighted by atomic mass is 32.2. The number of nitro groups is 1. The number of nitrogens with zero attached hydrogens (tertiary/aromatic N) is 2. The zero-order chi connectivity index (χ0) is 18.6. The molecule has 1 aliphatic rings. The number of sulfonamides is 1. The van der Waals surface area contributed by atoms with Gasteiger partial charge in [-0.05, 0) is 25.8 Å². The second-order valence-electron chi connectivity index (χ2n) is 5.49. The number of ether oxygens (including phenoxy) is 2. The lowest BCUT2D eigenvalue weighted by molar-refractivity contribution is -0.385. The number of rotatable bonds is 9. The maximum absolute atomic E-state index is 13.0. The largest absolute Gasteiger partial charge is 0.495 e. The van der Waals surface area contributed by atoms with Gasteiger partial charge in [-0.1, -0.05) is 0 Å². The Hall–Kier alpha value is -2.20. The molecule has 1 aliphatic carbocycles. The second-order valence-corrected chi connectivity index (χ2v) is 7.35. The zero-order valence-corrected chi connectivity index (χ0v) is 14.8. The van der Waals surface area contributed by atoms with Crippen LogP contribution in [0.4, 0.5) is 5.69 Å². The zero-order valence-electron chi connectivity index (χ0n) is 14.0. The van der Waals surface area contributed by atoms with E-state index in [4.69, 9.17) is 9.47 Å². The van der Waals surface area contributed by atoms with E-state index in [2.05, 4.69) is 0 Å². The summed E-state index contributed by atoms with van der Waals surface area (Å²) < 4.78 is 37.1. The van der Waals surface area contributed by atoms with Crippen LogP contribution in [0.25, 0.3) is 0 Å². The molecule has 0 saturated heterocycles. The van der Waals surface area contributed by atoms with Crippen molar-refractivity contribution in [2.45, 2.75) is 37.1 Å². The highest BCUT2D eigenvalue weighted by Gasteiger charge is 2.39. The van der Waals surface area contributed by atoms with Gasteiger partial charge in [-0.15, -0.1) is 0 Å². The molecule has 25 heavy (non-hydrogen) atoms. The van der Waals surface area contributed by atoms with E-state index in [1.54, 1.807) is 6.92 Å². The first-order chi connectivity index (χ1) is 11.8. The number of hydrogen-bond acceptors (Lipinski definition) is 7. The van der Waals surface area contributed by atoms with Crippen LogP contribution < -0.4 is 4.74 Å². The SMILES string of the molecule is CCOC(=O)CCN(C1CC1)S(=O)(=O)c1ccc([N+](=O)[O-])cc1OC. The molecule has 9 nitrogen and oxygen atoms in total. The minimum atomic E-state index is -3.96. The van der Waals surface area contributed by atoms with Crippen molar-refractivity contribution in [3.63, 3.8) is 0 Å². The number of nitro benzene ring substituents is 1. The molecule has 0 radical (unpaired) electrons. The van der Waals surface area contributed by atoms with Gasteiger partial charge in [-0.2, -0.15) is 4.31 Å². The van der Waals surface area contributed by atoms with Gasteiger partial charge in [-0.3, -0.25) is 14.9 Å². The summed E-state index contributed by atoms with van der Waals surface area (Å²) >= 11 is 0. The molecule has 0 N–H and O–H groups in total. The summed E-state index contributed by atoms with van der Waals surface area (Å²) in [5.41, 5.74) is -0.264. The van der Waals surface area contributed by atoms with E-state index in [-0.39, 0.29) is 41.9 Å². The molecule has 0 aromatic heterocycles. The molecule has 1 aromatic rings. The highest BCUT2D eigenvalue weighted by molar-refractivity contribution is 7.89. The van der Waals surface area contributed by atoms with Crippen LogP contribution >= 0.6 is 0 Å². The normalized spacial score (nSPS) is 14.4. The summed E-state index contributed by atoms with van der Waals surface area (Å²) in [5.74, 6) is -0.574. The summed E-state index contributed by atoms with van der Waals surface area (Å²) in [4.78, 5) is 21.6. The molecule has 0 bridgehead atoms. The Labute approximate surface area is 145 Å². The summed E-state index contributed by atoms with van der Waals surface area (Å²) in [6.07, 6.45) is 1.35. The molecule has 0 atom stereocenters. The van der Waals surface area contributed by atoms with Crippen LogP contribution in [0.1, 0.15) is 26.2 Å². The quantitative estimate of drug-likeness (QED) is 0.368. The topological polar surface area (TPSA) is 116 Å². The fourth-order valence-electron chi connectivity index (χ4n) is 2.41. The Balaban J connectivity index is 2.30. The van der Waals surface area contributed by atoms with Crippen LogP contribution in [0.2, 0.25) is 0 Å². The number of benzene rings is 1. The first-order valence-corrected chi connectivity index (χ1v) is 9.25. The number of esters is 1. The van der Waals surface area contributed by atoms with E-state index in [9.17, 15) is 23.3 Å². The third-order valence-corrected chi connectivity index (χ3v) is 5.73. The van der Waals surface area contributed by atoms with Crippen molar-refractivity contribution in [3.8, 4) is 5.75 Å². The summed E-state index contributed by atoms with van der Waals surface area (Å²) in [5, 5.41) is 10.9. The number of methoxy groups -OCH3 is 1. The minimum Gasteiger partial charge on any atom is -0.495 e. The van der Waals surface area contributed by atoms with Crippen molar-refractivity contribution in [2.75, 3.05) is 20.3 Å². The van der Waals surface area contributed by atoms with Gasteiger partial charge in [-0.25, -0.2) is 8.42 Å². The number of carbonyl (C=O) groups is 1. The third-order valence-electron chi connectivity index (χ3n) is 3.74. The minimum absolute atomic E-state index is 0.00796. The van der Waals surface area contributed by atoms with Crippen molar-refractivity contribution in [1.29, 1.82) is 0 Å². The second kappa shape index (κ2) is 7.79. The van der Waals surface area contributed by atoms with Gasteiger partial charge in [0.05, 0.1) is 31.1 Å². The van der Waals surface area contributed by atoms with Crippen LogP contribution in [-0.2, 0) is 19.6 Å². The average molecular weight is 372 g/mol. The Bertz CT molecular complexity index is 759. The summed E-state index contributed by atoms with van der Waals surface area (Å²) in [6.45, 7) is 1.90. The van der Waals surface area contributed by atoms with Gasteiger partial charge < -0.3 is 9.47 Å². The Kier molecular flexibility index (Phi) is 5.96. The maximum Gasteiger partial charge on any atom is 0.307 e. The molecule has 0 unspecified atom stereocenters. The van der Waals surface area contributed by atoms with Crippen LogP contribution in [0.5, 0.6) is 5.75 Å². The first-order valence-electron chi connectivity index (χ1n) is 7.81. The fourth-order valence-corrected chi connectivity index (χ4v) is 4.23. The number of hydrogen-bond donors (Lipinski definition) is 0. The third kappa shape index (κ3) is 4.45. The van der Waals surface area contributed by atoms with Gasteiger partial charge in [0.15, 0.2) is 0 Å². The Morgan fingerprint density at radius 1 is 1.40 bits per heavy atom. The van der Waals surface area contributed by atoms with E-state index >= 15 is 0 Å². The smallest absolute Gasteiger partial charge is 0.307 e. The molecule has 0 heterocycles.